The number of aryl methyl sites for hydroxylation is 2. The summed E-state index contributed by atoms with van der Waals surface area (Å²) < 4.78 is 2.08. The minimum absolute atomic E-state index is 0.0239. The quantitative estimate of drug-likeness (QED) is 0.865. The van der Waals surface area contributed by atoms with E-state index in [1.165, 1.54) is 12.8 Å². The lowest BCUT2D eigenvalue weighted by Crippen LogP contribution is -2.44. The molecule has 1 saturated carbocycles. The number of likely N-dealkylation sites (tertiary alicyclic amines) is 1. The summed E-state index contributed by atoms with van der Waals surface area (Å²) in [5.41, 5.74) is 0. The van der Waals surface area contributed by atoms with Gasteiger partial charge >= 0.3 is 0 Å². The second kappa shape index (κ2) is 5.62. The third-order valence-corrected chi connectivity index (χ3v) is 5.24. The van der Waals surface area contributed by atoms with Crippen molar-refractivity contribution in [3.63, 3.8) is 0 Å². The first kappa shape index (κ1) is 14.7. The van der Waals surface area contributed by atoms with Gasteiger partial charge in [0.05, 0.1) is 5.92 Å². The highest BCUT2D eigenvalue weighted by Crippen LogP contribution is 2.32. The number of rotatable bonds is 4. The molecule has 0 bridgehead atoms. The zero-order valence-electron chi connectivity index (χ0n) is 13.5. The summed E-state index contributed by atoms with van der Waals surface area (Å²) in [5, 5.41) is 11.4. The van der Waals surface area contributed by atoms with Gasteiger partial charge in [0.15, 0.2) is 0 Å². The number of hydrogen-bond acceptors (Lipinski definition) is 4. The summed E-state index contributed by atoms with van der Waals surface area (Å²) >= 11 is 0. The third kappa shape index (κ3) is 2.96. The normalized spacial score (nSPS) is 27.2. The number of aromatic nitrogens is 3. The predicted octanol–water partition coefficient (Wildman–Crippen LogP) is 0.276. The SMILES string of the molecule is Cc1nnc2n1C[C@@H](NC(=O)[C@@H]1CC(=O)N(CC3CC3)C1)CC2. The van der Waals surface area contributed by atoms with E-state index in [0.29, 0.717) is 18.9 Å². The van der Waals surface area contributed by atoms with Crippen LogP contribution in [-0.2, 0) is 22.6 Å². The Morgan fingerprint density at radius 1 is 1.26 bits per heavy atom. The monoisotopic (exact) mass is 317 g/mol. The molecule has 3 heterocycles. The van der Waals surface area contributed by atoms with E-state index >= 15 is 0 Å². The first-order chi connectivity index (χ1) is 11.1. The van der Waals surface area contributed by atoms with E-state index in [2.05, 4.69) is 20.1 Å². The van der Waals surface area contributed by atoms with Crippen LogP contribution in [0, 0.1) is 18.8 Å². The number of carbonyl (C=O) groups excluding carboxylic acids is 2. The Morgan fingerprint density at radius 3 is 2.87 bits per heavy atom. The highest BCUT2D eigenvalue weighted by atomic mass is 16.2. The lowest BCUT2D eigenvalue weighted by molar-refractivity contribution is -0.129. The number of nitrogens with one attached hydrogen (secondary N) is 1. The summed E-state index contributed by atoms with van der Waals surface area (Å²) in [6, 6.07) is 0.109. The van der Waals surface area contributed by atoms with Crippen LogP contribution in [0.4, 0.5) is 0 Å². The number of carbonyl (C=O) groups is 2. The zero-order chi connectivity index (χ0) is 16.0. The van der Waals surface area contributed by atoms with E-state index in [1.807, 2.05) is 11.8 Å². The fourth-order valence-electron chi connectivity index (χ4n) is 3.64. The number of amides is 2. The van der Waals surface area contributed by atoms with Crippen molar-refractivity contribution >= 4 is 11.8 Å². The van der Waals surface area contributed by atoms with Crippen LogP contribution in [0.3, 0.4) is 0 Å². The highest BCUT2D eigenvalue weighted by molar-refractivity contribution is 5.89. The van der Waals surface area contributed by atoms with Crippen LogP contribution in [0.5, 0.6) is 0 Å². The van der Waals surface area contributed by atoms with E-state index < -0.39 is 0 Å². The maximum absolute atomic E-state index is 12.5. The van der Waals surface area contributed by atoms with Crippen molar-refractivity contribution in [3.05, 3.63) is 11.6 Å². The average molecular weight is 317 g/mol. The van der Waals surface area contributed by atoms with Crippen LogP contribution in [0.2, 0.25) is 0 Å². The van der Waals surface area contributed by atoms with E-state index in [4.69, 9.17) is 0 Å². The van der Waals surface area contributed by atoms with Gasteiger partial charge in [0.25, 0.3) is 0 Å². The first-order valence-corrected chi connectivity index (χ1v) is 8.57. The Morgan fingerprint density at radius 2 is 2.09 bits per heavy atom. The molecule has 1 aromatic heterocycles. The molecule has 124 valence electrons. The van der Waals surface area contributed by atoms with Crippen molar-refractivity contribution in [2.75, 3.05) is 13.1 Å². The first-order valence-electron chi connectivity index (χ1n) is 8.57. The summed E-state index contributed by atoms with van der Waals surface area (Å²) in [5.74, 6) is 2.54. The molecule has 0 spiro atoms. The lowest BCUT2D eigenvalue weighted by atomic mass is 10.0. The van der Waals surface area contributed by atoms with E-state index in [9.17, 15) is 9.59 Å². The second-order valence-electron chi connectivity index (χ2n) is 7.16. The van der Waals surface area contributed by atoms with Crippen molar-refractivity contribution < 1.29 is 9.59 Å². The maximum Gasteiger partial charge on any atom is 0.225 e. The van der Waals surface area contributed by atoms with Gasteiger partial charge in [-0.1, -0.05) is 0 Å². The van der Waals surface area contributed by atoms with E-state index in [-0.39, 0.29) is 23.8 Å². The average Bonchev–Trinajstić information content (AvgIpc) is 3.17. The standard InChI is InChI=1S/C16H23N5O2/c1-10-18-19-14-5-4-13(9-21(10)14)17-16(23)12-6-15(22)20(8-12)7-11-2-3-11/h11-13H,2-9H2,1H3,(H,17,23)/t12-,13+/m1/s1. The fourth-order valence-corrected chi connectivity index (χ4v) is 3.64. The van der Waals surface area contributed by atoms with Gasteiger partial charge in [-0.3, -0.25) is 9.59 Å². The molecule has 1 saturated heterocycles. The molecule has 2 aliphatic heterocycles. The summed E-state index contributed by atoms with van der Waals surface area (Å²) in [6.07, 6.45) is 4.54. The van der Waals surface area contributed by atoms with Crippen LogP contribution in [-0.4, -0.2) is 50.6 Å². The molecule has 0 aromatic carbocycles. The molecule has 1 aromatic rings. The van der Waals surface area contributed by atoms with E-state index in [0.717, 1.165) is 37.6 Å². The Balaban J connectivity index is 1.33. The van der Waals surface area contributed by atoms with Crippen molar-refractivity contribution in [2.45, 2.75) is 51.6 Å². The molecule has 2 fully saturated rings. The van der Waals surface area contributed by atoms with Gasteiger partial charge < -0.3 is 14.8 Å². The Labute approximate surface area is 135 Å². The zero-order valence-corrected chi connectivity index (χ0v) is 13.5. The molecule has 1 aliphatic carbocycles. The number of fused-ring (bicyclic) bond motifs is 1. The van der Waals surface area contributed by atoms with E-state index in [1.54, 1.807) is 0 Å². The largest absolute Gasteiger partial charge is 0.351 e. The summed E-state index contributed by atoms with van der Waals surface area (Å²) in [4.78, 5) is 26.4. The van der Waals surface area contributed by atoms with Crippen molar-refractivity contribution in [1.29, 1.82) is 0 Å². The maximum atomic E-state index is 12.5. The molecular weight excluding hydrogens is 294 g/mol. The smallest absolute Gasteiger partial charge is 0.225 e. The van der Waals surface area contributed by atoms with Gasteiger partial charge in [0.1, 0.15) is 11.6 Å². The molecule has 7 nitrogen and oxygen atoms in total. The van der Waals surface area contributed by atoms with Gasteiger partial charge in [0.2, 0.25) is 11.8 Å². The summed E-state index contributed by atoms with van der Waals surface area (Å²) in [7, 11) is 0. The number of hydrogen-bond donors (Lipinski definition) is 1. The van der Waals surface area contributed by atoms with Crippen LogP contribution in [0.15, 0.2) is 0 Å². The van der Waals surface area contributed by atoms with Crippen LogP contribution in [0.25, 0.3) is 0 Å². The van der Waals surface area contributed by atoms with Crippen LogP contribution >= 0.6 is 0 Å². The fraction of sp³-hybridized carbons (Fsp3) is 0.750. The molecule has 0 unspecified atom stereocenters. The molecular formula is C16H23N5O2. The minimum Gasteiger partial charge on any atom is -0.351 e. The Hall–Kier alpha value is -1.92. The molecule has 7 heteroatoms. The van der Waals surface area contributed by atoms with Gasteiger partial charge in [-0.2, -0.15) is 0 Å². The van der Waals surface area contributed by atoms with Gasteiger partial charge in [0, 0.05) is 38.5 Å². The highest BCUT2D eigenvalue weighted by Gasteiger charge is 2.37. The molecule has 2 atom stereocenters. The molecule has 23 heavy (non-hydrogen) atoms. The van der Waals surface area contributed by atoms with Crippen LogP contribution in [0.1, 0.15) is 37.3 Å². The molecule has 4 rings (SSSR count). The van der Waals surface area contributed by atoms with Gasteiger partial charge in [-0.25, -0.2) is 0 Å². The Bertz CT molecular complexity index is 636. The lowest BCUT2D eigenvalue weighted by Gasteiger charge is -2.26. The molecule has 2 amide bonds. The third-order valence-electron chi connectivity index (χ3n) is 5.24. The molecule has 1 N–H and O–H groups in total. The Kier molecular flexibility index (Phi) is 3.58. The van der Waals surface area contributed by atoms with Crippen molar-refractivity contribution in [2.24, 2.45) is 11.8 Å². The molecule has 3 aliphatic rings. The molecule has 0 radical (unpaired) electrons. The topological polar surface area (TPSA) is 80.1 Å². The predicted molar refractivity (Wildman–Crippen MR) is 82.4 cm³/mol. The van der Waals surface area contributed by atoms with Crippen molar-refractivity contribution in [3.8, 4) is 0 Å². The van der Waals surface area contributed by atoms with Crippen LogP contribution < -0.4 is 5.32 Å². The van der Waals surface area contributed by atoms with Gasteiger partial charge in [-0.05, 0) is 32.1 Å². The summed E-state index contributed by atoms with van der Waals surface area (Å²) in [6.45, 7) is 4.10. The number of nitrogens with zero attached hydrogens (tertiary/aromatic N) is 4. The van der Waals surface area contributed by atoms with Crippen molar-refractivity contribution in [1.82, 2.24) is 25.0 Å². The second-order valence-corrected chi connectivity index (χ2v) is 7.16. The minimum atomic E-state index is -0.190. The van der Waals surface area contributed by atoms with Gasteiger partial charge in [-0.15, -0.1) is 10.2 Å².